The number of carboxylic acid groups (broad SMARTS) is 1. The molecule has 0 aliphatic carbocycles. The first-order chi connectivity index (χ1) is 7.38. The van der Waals surface area contributed by atoms with Gasteiger partial charge in [-0.15, -0.1) is 0 Å². The van der Waals surface area contributed by atoms with Crippen molar-refractivity contribution in [3.63, 3.8) is 0 Å². The highest BCUT2D eigenvalue weighted by atomic mass is 16.4. The van der Waals surface area contributed by atoms with E-state index in [0.717, 1.165) is 6.42 Å². The van der Waals surface area contributed by atoms with Gasteiger partial charge >= 0.3 is 5.97 Å². The molecule has 4 N–H and O–H groups in total. The van der Waals surface area contributed by atoms with Crippen molar-refractivity contribution in [2.75, 3.05) is 0 Å². The maximum absolute atomic E-state index is 11.6. The zero-order valence-electron chi connectivity index (χ0n) is 10.2. The van der Waals surface area contributed by atoms with Crippen LogP contribution in [0.15, 0.2) is 0 Å². The van der Waals surface area contributed by atoms with E-state index < -0.39 is 12.0 Å². The van der Waals surface area contributed by atoms with Crippen molar-refractivity contribution < 1.29 is 14.7 Å². The van der Waals surface area contributed by atoms with Gasteiger partial charge in [-0.25, -0.2) is 0 Å². The van der Waals surface area contributed by atoms with Crippen LogP contribution in [0.4, 0.5) is 0 Å². The van der Waals surface area contributed by atoms with Crippen LogP contribution < -0.4 is 11.1 Å². The molecule has 5 nitrogen and oxygen atoms in total. The average Bonchev–Trinajstić information content (AvgIpc) is 2.16. The predicted octanol–water partition coefficient (Wildman–Crippen LogP) is 0.729. The fourth-order valence-corrected chi connectivity index (χ4v) is 1.37. The van der Waals surface area contributed by atoms with Crippen molar-refractivity contribution in [1.82, 2.24) is 5.32 Å². The largest absolute Gasteiger partial charge is 0.481 e. The van der Waals surface area contributed by atoms with Crippen molar-refractivity contribution in [3.05, 3.63) is 0 Å². The summed E-state index contributed by atoms with van der Waals surface area (Å²) in [5.74, 6) is -1.10. The summed E-state index contributed by atoms with van der Waals surface area (Å²) in [6.07, 6.45) is 1.38. The molecule has 0 aliphatic heterocycles. The highest BCUT2D eigenvalue weighted by Gasteiger charge is 2.21. The van der Waals surface area contributed by atoms with E-state index in [2.05, 4.69) is 5.32 Å². The Morgan fingerprint density at radius 1 is 1.38 bits per heavy atom. The molecule has 2 unspecified atom stereocenters. The van der Waals surface area contributed by atoms with Crippen molar-refractivity contribution in [2.24, 2.45) is 11.7 Å². The van der Waals surface area contributed by atoms with Crippen LogP contribution in [-0.4, -0.2) is 29.1 Å². The van der Waals surface area contributed by atoms with E-state index >= 15 is 0 Å². The molecule has 0 aromatic rings. The molecule has 0 rings (SSSR count). The number of carbonyl (C=O) groups excluding carboxylic acids is 1. The van der Waals surface area contributed by atoms with Gasteiger partial charge in [0.05, 0.1) is 12.5 Å². The Morgan fingerprint density at radius 3 is 2.31 bits per heavy atom. The van der Waals surface area contributed by atoms with E-state index in [4.69, 9.17) is 10.8 Å². The molecular formula is C11H22N2O3. The first kappa shape index (κ1) is 14.9. The lowest BCUT2D eigenvalue weighted by molar-refractivity contribution is -0.138. The number of aliphatic carboxylic acids is 1. The smallest absolute Gasteiger partial charge is 0.305 e. The van der Waals surface area contributed by atoms with E-state index in [1.807, 2.05) is 20.8 Å². The number of carboxylic acids is 1. The van der Waals surface area contributed by atoms with Crippen molar-refractivity contribution in [1.29, 1.82) is 0 Å². The summed E-state index contributed by atoms with van der Waals surface area (Å²) >= 11 is 0. The van der Waals surface area contributed by atoms with E-state index in [0.29, 0.717) is 6.42 Å². The van der Waals surface area contributed by atoms with Crippen LogP contribution in [0, 0.1) is 5.92 Å². The molecule has 0 fully saturated rings. The van der Waals surface area contributed by atoms with Crippen molar-refractivity contribution >= 4 is 11.9 Å². The molecule has 0 heterocycles. The Morgan fingerprint density at radius 2 is 1.94 bits per heavy atom. The van der Waals surface area contributed by atoms with Gasteiger partial charge in [0.15, 0.2) is 0 Å². The van der Waals surface area contributed by atoms with Gasteiger partial charge < -0.3 is 16.2 Å². The molecule has 1 amide bonds. The molecule has 0 radical (unpaired) electrons. The molecule has 16 heavy (non-hydrogen) atoms. The third kappa shape index (κ3) is 5.70. The standard InChI is InChI=1S/C11H22N2O3/c1-4-5-8(12)11(16)13-9(7(2)3)6-10(14)15/h7-9H,4-6,12H2,1-3H3,(H,13,16)(H,14,15). The van der Waals surface area contributed by atoms with Crippen molar-refractivity contribution in [3.8, 4) is 0 Å². The van der Waals surface area contributed by atoms with E-state index in [9.17, 15) is 9.59 Å². The summed E-state index contributed by atoms with van der Waals surface area (Å²) in [6, 6.07) is -0.895. The zero-order chi connectivity index (χ0) is 12.7. The Bertz CT molecular complexity index is 241. The van der Waals surface area contributed by atoms with E-state index in [1.54, 1.807) is 0 Å². The first-order valence-corrected chi connectivity index (χ1v) is 5.66. The van der Waals surface area contributed by atoms with Gasteiger partial charge in [0.25, 0.3) is 0 Å². The molecule has 0 aromatic carbocycles. The maximum Gasteiger partial charge on any atom is 0.305 e. The summed E-state index contributed by atoms with van der Waals surface area (Å²) in [4.78, 5) is 22.2. The van der Waals surface area contributed by atoms with Crippen LogP contribution in [0.2, 0.25) is 0 Å². The Kier molecular flexibility index (Phi) is 6.72. The van der Waals surface area contributed by atoms with Crippen LogP contribution in [0.3, 0.4) is 0 Å². The van der Waals surface area contributed by atoms with Gasteiger partial charge in [-0.05, 0) is 12.3 Å². The fourth-order valence-electron chi connectivity index (χ4n) is 1.37. The highest BCUT2D eigenvalue weighted by Crippen LogP contribution is 2.07. The number of nitrogens with two attached hydrogens (primary N) is 1. The lowest BCUT2D eigenvalue weighted by atomic mass is 10.00. The number of nitrogens with one attached hydrogen (secondary N) is 1. The Labute approximate surface area is 96.4 Å². The quantitative estimate of drug-likeness (QED) is 0.601. The number of carbonyl (C=O) groups is 2. The molecule has 0 bridgehead atoms. The van der Waals surface area contributed by atoms with Gasteiger partial charge in [-0.3, -0.25) is 9.59 Å². The first-order valence-electron chi connectivity index (χ1n) is 5.66. The van der Waals surface area contributed by atoms with Gasteiger partial charge in [-0.2, -0.15) is 0 Å². The summed E-state index contributed by atoms with van der Waals surface area (Å²) < 4.78 is 0. The molecule has 0 spiro atoms. The number of amides is 1. The van der Waals surface area contributed by atoms with Crippen LogP contribution in [0.25, 0.3) is 0 Å². The minimum absolute atomic E-state index is 0.0672. The topological polar surface area (TPSA) is 92.4 Å². The van der Waals surface area contributed by atoms with Gasteiger partial charge in [0.1, 0.15) is 0 Å². The monoisotopic (exact) mass is 230 g/mol. The lowest BCUT2D eigenvalue weighted by Crippen LogP contribution is -2.47. The molecule has 0 aromatic heterocycles. The molecule has 5 heteroatoms. The van der Waals surface area contributed by atoms with Gasteiger partial charge in [-0.1, -0.05) is 27.2 Å². The summed E-state index contributed by atoms with van der Waals surface area (Å²) in [5.41, 5.74) is 5.65. The highest BCUT2D eigenvalue weighted by molar-refractivity contribution is 5.82. The summed E-state index contributed by atoms with van der Waals surface area (Å²) in [6.45, 7) is 5.70. The zero-order valence-corrected chi connectivity index (χ0v) is 10.2. The molecule has 0 saturated heterocycles. The maximum atomic E-state index is 11.6. The summed E-state index contributed by atoms with van der Waals surface area (Å²) in [5, 5.41) is 11.4. The van der Waals surface area contributed by atoms with Crippen LogP contribution in [0.1, 0.15) is 40.0 Å². The SMILES string of the molecule is CCCC(N)C(=O)NC(CC(=O)O)C(C)C. The average molecular weight is 230 g/mol. The third-order valence-electron chi connectivity index (χ3n) is 2.46. The van der Waals surface area contributed by atoms with Crippen LogP contribution in [0.5, 0.6) is 0 Å². The number of hydrogen-bond acceptors (Lipinski definition) is 3. The minimum Gasteiger partial charge on any atom is -0.481 e. The third-order valence-corrected chi connectivity index (χ3v) is 2.46. The van der Waals surface area contributed by atoms with Crippen LogP contribution in [-0.2, 0) is 9.59 Å². The molecule has 0 saturated carbocycles. The van der Waals surface area contributed by atoms with E-state index in [1.165, 1.54) is 0 Å². The predicted molar refractivity (Wildman–Crippen MR) is 61.9 cm³/mol. The van der Waals surface area contributed by atoms with E-state index in [-0.39, 0.29) is 24.3 Å². The number of rotatable bonds is 7. The summed E-state index contributed by atoms with van der Waals surface area (Å²) in [7, 11) is 0. The fraction of sp³-hybridized carbons (Fsp3) is 0.818. The van der Waals surface area contributed by atoms with Gasteiger partial charge in [0, 0.05) is 6.04 Å². The molecule has 0 aliphatic rings. The second-order valence-electron chi connectivity index (χ2n) is 4.35. The molecule has 2 atom stereocenters. The Balaban J connectivity index is 4.28. The normalized spacial score (nSPS) is 14.6. The number of hydrogen-bond donors (Lipinski definition) is 3. The minimum atomic E-state index is -0.914. The Hall–Kier alpha value is -1.10. The second-order valence-corrected chi connectivity index (χ2v) is 4.35. The lowest BCUT2D eigenvalue weighted by Gasteiger charge is -2.22. The van der Waals surface area contributed by atoms with Crippen LogP contribution >= 0.6 is 0 Å². The van der Waals surface area contributed by atoms with Crippen molar-refractivity contribution in [2.45, 2.75) is 52.1 Å². The second kappa shape index (κ2) is 7.22. The van der Waals surface area contributed by atoms with Gasteiger partial charge in [0.2, 0.25) is 5.91 Å². The molecule has 94 valence electrons. The molecular weight excluding hydrogens is 208 g/mol.